The third-order valence-corrected chi connectivity index (χ3v) is 3.00. The Morgan fingerprint density at radius 1 is 1.30 bits per heavy atom. The van der Waals surface area contributed by atoms with Gasteiger partial charge >= 0.3 is 0 Å². The number of H-pyrrole nitrogens is 1. The number of amides is 1. The molecule has 2 aromatic rings. The third kappa shape index (κ3) is 2.90. The van der Waals surface area contributed by atoms with Gasteiger partial charge in [0.1, 0.15) is 17.2 Å². The van der Waals surface area contributed by atoms with E-state index in [1.807, 2.05) is 25.1 Å². The van der Waals surface area contributed by atoms with Gasteiger partial charge in [-0.05, 0) is 31.2 Å². The van der Waals surface area contributed by atoms with Crippen LogP contribution in [0.5, 0.6) is 11.5 Å². The SMILES string of the molecule is COc1ccc(OC)c(C(C)NC(=O)c2ccn[nH]2)c1. The summed E-state index contributed by atoms with van der Waals surface area (Å²) in [4.78, 5) is 12.0. The highest BCUT2D eigenvalue weighted by atomic mass is 16.5. The van der Waals surface area contributed by atoms with Crippen molar-refractivity contribution in [1.82, 2.24) is 15.5 Å². The molecule has 0 fully saturated rings. The van der Waals surface area contributed by atoms with Crippen molar-refractivity contribution in [2.24, 2.45) is 0 Å². The molecule has 0 aliphatic heterocycles. The Balaban J connectivity index is 2.19. The summed E-state index contributed by atoms with van der Waals surface area (Å²) in [7, 11) is 3.19. The molecule has 1 amide bonds. The normalized spacial score (nSPS) is 11.8. The van der Waals surface area contributed by atoms with Crippen LogP contribution in [-0.4, -0.2) is 30.3 Å². The number of nitrogens with one attached hydrogen (secondary N) is 2. The van der Waals surface area contributed by atoms with E-state index in [-0.39, 0.29) is 11.9 Å². The summed E-state index contributed by atoms with van der Waals surface area (Å²) in [5, 5.41) is 9.26. The van der Waals surface area contributed by atoms with Crippen molar-refractivity contribution >= 4 is 5.91 Å². The summed E-state index contributed by atoms with van der Waals surface area (Å²) in [5.41, 5.74) is 1.26. The zero-order valence-corrected chi connectivity index (χ0v) is 11.6. The van der Waals surface area contributed by atoms with Gasteiger partial charge in [0, 0.05) is 11.8 Å². The summed E-state index contributed by atoms with van der Waals surface area (Å²) >= 11 is 0. The van der Waals surface area contributed by atoms with Crippen molar-refractivity contribution in [2.45, 2.75) is 13.0 Å². The first kappa shape index (κ1) is 13.9. The second-order valence-electron chi connectivity index (χ2n) is 4.27. The Labute approximate surface area is 117 Å². The molecule has 1 aromatic carbocycles. The van der Waals surface area contributed by atoms with Crippen molar-refractivity contribution in [3.8, 4) is 11.5 Å². The van der Waals surface area contributed by atoms with Gasteiger partial charge in [-0.2, -0.15) is 5.10 Å². The number of ether oxygens (including phenoxy) is 2. The highest BCUT2D eigenvalue weighted by Gasteiger charge is 2.16. The molecule has 2 rings (SSSR count). The first-order valence-corrected chi connectivity index (χ1v) is 6.18. The predicted octanol–water partition coefficient (Wildman–Crippen LogP) is 1.92. The first-order chi connectivity index (χ1) is 9.65. The van der Waals surface area contributed by atoms with Crippen molar-refractivity contribution < 1.29 is 14.3 Å². The van der Waals surface area contributed by atoms with Gasteiger partial charge in [0.05, 0.1) is 20.3 Å². The van der Waals surface area contributed by atoms with Crippen LogP contribution in [0.2, 0.25) is 0 Å². The molecule has 106 valence electrons. The molecule has 6 heteroatoms. The van der Waals surface area contributed by atoms with Gasteiger partial charge < -0.3 is 14.8 Å². The van der Waals surface area contributed by atoms with Gasteiger partial charge in [-0.3, -0.25) is 9.89 Å². The van der Waals surface area contributed by atoms with E-state index in [2.05, 4.69) is 15.5 Å². The molecule has 0 aliphatic rings. The molecule has 2 N–H and O–H groups in total. The second-order valence-corrected chi connectivity index (χ2v) is 4.27. The molecule has 0 bridgehead atoms. The number of benzene rings is 1. The number of hydrogen-bond donors (Lipinski definition) is 2. The van der Waals surface area contributed by atoms with Crippen LogP contribution >= 0.6 is 0 Å². The predicted molar refractivity (Wildman–Crippen MR) is 74.0 cm³/mol. The lowest BCUT2D eigenvalue weighted by Crippen LogP contribution is -2.27. The average molecular weight is 275 g/mol. The molecule has 1 atom stereocenters. The first-order valence-electron chi connectivity index (χ1n) is 6.18. The summed E-state index contributed by atoms with van der Waals surface area (Å²) in [6.07, 6.45) is 1.53. The minimum Gasteiger partial charge on any atom is -0.497 e. The summed E-state index contributed by atoms with van der Waals surface area (Å²) in [5.74, 6) is 1.19. The second kappa shape index (κ2) is 6.10. The zero-order chi connectivity index (χ0) is 14.5. The van der Waals surface area contributed by atoms with E-state index < -0.39 is 0 Å². The lowest BCUT2D eigenvalue weighted by atomic mass is 10.1. The average Bonchev–Trinajstić information content (AvgIpc) is 3.00. The Morgan fingerprint density at radius 3 is 2.70 bits per heavy atom. The maximum absolute atomic E-state index is 12.0. The van der Waals surface area contributed by atoms with E-state index in [9.17, 15) is 4.79 Å². The van der Waals surface area contributed by atoms with Crippen LogP contribution in [0.4, 0.5) is 0 Å². The summed E-state index contributed by atoms with van der Waals surface area (Å²) < 4.78 is 10.5. The van der Waals surface area contributed by atoms with Gasteiger partial charge in [0.2, 0.25) is 0 Å². The number of methoxy groups -OCH3 is 2. The van der Waals surface area contributed by atoms with Crippen molar-refractivity contribution in [3.05, 3.63) is 41.7 Å². The molecule has 0 saturated carbocycles. The molecular weight excluding hydrogens is 258 g/mol. The van der Waals surface area contributed by atoms with Crippen LogP contribution in [0.15, 0.2) is 30.5 Å². The fraction of sp³-hybridized carbons (Fsp3) is 0.286. The summed E-state index contributed by atoms with van der Waals surface area (Å²) in [6.45, 7) is 1.88. The molecule has 0 radical (unpaired) electrons. The number of hydrogen-bond acceptors (Lipinski definition) is 4. The minimum absolute atomic E-state index is 0.222. The Bertz CT molecular complexity index is 581. The quantitative estimate of drug-likeness (QED) is 0.874. The van der Waals surface area contributed by atoms with E-state index >= 15 is 0 Å². The fourth-order valence-corrected chi connectivity index (χ4v) is 1.91. The van der Waals surface area contributed by atoms with Crippen LogP contribution < -0.4 is 14.8 Å². The van der Waals surface area contributed by atoms with Crippen molar-refractivity contribution in [3.63, 3.8) is 0 Å². The highest BCUT2D eigenvalue weighted by Crippen LogP contribution is 2.29. The molecule has 6 nitrogen and oxygen atoms in total. The molecule has 1 aromatic heterocycles. The third-order valence-electron chi connectivity index (χ3n) is 3.00. The molecule has 0 saturated heterocycles. The van der Waals surface area contributed by atoms with Crippen molar-refractivity contribution in [1.29, 1.82) is 0 Å². The molecule has 1 heterocycles. The molecule has 1 unspecified atom stereocenters. The van der Waals surface area contributed by atoms with Crippen LogP contribution in [0.3, 0.4) is 0 Å². The molecule has 20 heavy (non-hydrogen) atoms. The Morgan fingerprint density at radius 2 is 2.10 bits per heavy atom. The maximum atomic E-state index is 12.0. The van der Waals surface area contributed by atoms with Gasteiger partial charge in [-0.15, -0.1) is 0 Å². The van der Waals surface area contributed by atoms with Crippen LogP contribution in [0.25, 0.3) is 0 Å². The van der Waals surface area contributed by atoms with Crippen molar-refractivity contribution in [2.75, 3.05) is 14.2 Å². The molecule has 0 aliphatic carbocycles. The van der Waals surface area contributed by atoms with Crippen LogP contribution in [0.1, 0.15) is 29.0 Å². The van der Waals surface area contributed by atoms with E-state index in [0.717, 1.165) is 5.56 Å². The minimum atomic E-state index is -0.226. The van der Waals surface area contributed by atoms with E-state index in [0.29, 0.717) is 17.2 Å². The Hall–Kier alpha value is -2.50. The standard InChI is InChI=1S/C14H17N3O3/c1-9(16-14(18)12-6-7-15-17-12)11-8-10(19-2)4-5-13(11)20-3/h4-9H,1-3H3,(H,15,17)(H,16,18). The van der Waals surface area contributed by atoms with Gasteiger partial charge in [0.25, 0.3) is 5.91 Å². The lowest BCUT2D eigenvalue weighted by molar-refractivity contribution is 0.0934. The summed E-state index contributed by atoms with van der Waals surface area (Å²) in [6, 6.07) is 6.86. The van der Waals surface area contributed by atoms with E-state index in [1.54, 1.807) is 20.3 Å². The van der Waals surface area contributed by atoms with E-state index in [1.165, 1.54) is 6.20 Å². The number of rotatable bonds is 5. The Kier molecular flexibility index (Phi) is 4.24. The van der Waals surface area contributed by atoms with Crippen LogP contribution in [0, 0.1) is 0 Å². The highest BCUT2D eigenvalue weighted by molar-refractivity contribution is 5.92. The number of aromatic nitrogens is 2. The number of nitrogens with zero attached hydrogens (tertiary/aromatic N) is 1. The smallest absolute Gasteiger partial charge is 0.269 e. The molecule has 0 spiro atoms. The van der Waals surface area contributed by atoms with Crippen LogP contribution in [-0.2, 0) is 0 Å². The number of carbonyl (C=O) groups excluding carboxylic acids is 1. The maximum Gasteiger partial charge on any atom is 0.269 e. The molecular formula is C14H17N3O3. The largest absolute Gasteiger partial charge is 0.497 e. The topological polar surface area (TPSA) is 76.2 Å². The van der Waals surface area contributed by atoms with Gasteiger partial charge in [0.15, 0.2) is 0 Å². The van der Waals surface area contributed by atoms with Gasteiger partial charge in [-0.1, -0.05) is 0 Å². The van der Waals surface area contributed by atoms with E-state index in [4.69, 9.17) is 9.47 Å². The number of carbonyl (C=O) groups is 1. The zero-order valence-electron chi connectivity index (χ0n) is 11.6. The monoisotopic (exact) mass is 275 g/mol. The lowest BCUT2D eigenvalue weighted by Gasteiger charge is -2.17. The van der Waals surface area contributed by atoms with Gasteiger partial charge in [-0.25, -0.2) is 0 Å². The fourth-order valence-electron chi connectivity index (χ4n) is 1.91. The number of aromatic amines is 1.